The fraction of sp³-hybridized carbons (Fsp3) is 0.172. The first-order valence-corrected chi connectivity index (χ1v) is 11.8. The number of hydrogen-bond acceptors (Lipinski definition) is 3. The second-order valence-corrected chi connectivity index (χ2v) is 8.75. The Balaban J connectivity index is 1.90. The summed E-state index contributed by atoms with van der Waals surface area (Å²) in [5.41, 5.74) is -1.00. The summed E-state index contributed by atoms with van der Waals surface area (Å²) in [6, 6.07) is 12.7. The van der Waals surface area contributed by atoms with E-state index in [0.717, 1.165) is 18.2 Å². The largest absolute Gasteiger partial charge is 0.493 e. The molecule has 0 spiro atoms. The van der Waals surface area contributed by atoms with Crippen LogP contribution in [0.5, 0.6) is 5.75 Å². The molecule has 0 aliphatic carbocycles. The normalized spacial score (nSPS) is 12.3. The minimum atomic E-state index is -4.80. The zero-order valence-corrected chi connectivity index (χ0v) is 20.5. The molecule has 4 rings (SSSR count). The first-order valence-electron chi connectivity index (χ1n) is 11.8. The predicted molar refractivity (Wildman–Crippen MR) is 133 cm³/mol. The van der Waals surface area contributed by atoms with Crippen molar-refractivity contribution in [2.45, 2.75) is 25.4 Å². The monoisotopic (exact) mass is 543 g/mol. The molecule has 10 heteroatoms. The molecule has 1 unspecified atom stereocenters. The van der Waals surface area contributed by atoms with Crippen molar-refractivity contribution in [2.24, 2.45) is 0 Å². The molecular weight excluding hydrogens is 521 g/mol. The van der Waals surface area contributed by atoms with Crippen LogP contribution < -0.4 is 4.74 Å². The lowest BCUT2D eigenvalue weighted by molar-refractivity contribution is -0.137. The number of halogens is 5. The van der Waals surface area contributed by atoms with E-state index in [2.05, 4.69) is 4.98 Å². The first-order chi connectivity index (χ1) is 18.5. The standard InChI is InChI=1S/C29H22F5NO4/c1-2-10-39-25-8-5-16(17-11-18(28(37)38)13-20(30)12-17)14-22(25)26(24-4-3-9-35-24)27(36)21-7-6-19(15-23(21)31)29(32,33)34/h3-9,11-15,26,35H,2,10H2,1H3,(H,37,38). The zero-order valence-electron chi connectivity index (χ0n) is 20.5. The average Bonchev–Trinajstić information content (AvgIpc) is 3.41. The summed E-state index contributed by atoms with van der Waals surface area (Å²) >= 11 is 0. The van der Waals surface area contributed by atoms with Gasteiger partial charge in [-0.05, 0) is 78.2 Å². The van der Waals surface area contributed by atoms with Crippen molar-refractivity contribution in [3.05, 3.63) is 113 Å². The molecule has 0 aliphatic heterocycles. The summed E-state index contributed by atoms with van der Waals surface area (Å²) in [6.07, 6.45) is -2.65. The van der Waals surface area contributed by atoms with Gasteiger partial charge in [-0.1, -0.05) is 13.0 Å². The highest BCUT2D eigenvalue weighted by molar-refractivity contribution is 6.03. The highest BCUT2D eigenvalue weighted by Crippen LogP contribution is 2.39. The Labute approximate surface area is 219 Å². The SMILES string of the molecule is CCCOc1ccc(-c2cc(F)cc(C(=O)O)c2)cc1C(C(=O)c1ccc(C(F)(F)F)cc1F)c1ccc[nH]1. The van der Waals surface area contributed by atoms with Gasteiger partial charge in [-0.15, -0.1) is 0 Å². The van der Waals surface area contributed by atoms with E-state index in [1.165, 1.54) is 24.4 Å². The lowest BCUT2D eigenvalue weighted by Crippen LogP contribution is -2.18. The summed E-state index contributed by atoms with van der Waals surface area (Å²) in [4.78, 5) is 28.1. The molecule has 0 saturated heterocycles. The predicted octanol–water partition coefficient (Wildman–Crippen LogP) is 7.48. The molecule has 202 valence electrons. The quantitative estimate of drug-likeness (QED) is 0.169. The molecule has 0 fully saturated rings. The molecule has 0 radical (unpaired) electrons. The van der Waals surface area contributed by atoms with Crippen LogP contribution >= 0.6 is 0 Å². The number of nitrogens with one attached hydrogen (secondary N) is 1. The molecule has 4 aromatic rings. The third-order valence-corrected chi connectivity index (χ3v) is 6.02. The van der Waals surface area contributed by atoms with E-state index in [9.17, 15) is 36.6 Å². The summed E-state index contributed by atoms with van der Waals surface area (Å²) in [6.45, 7) is 2.12. The van der Waals surface area contributed by atoms with Crippen LogP contribution in [-0.2, 0) is 6.18 Å². The number of Topliss-reactive ketones (excluding diaryl/α,β-unsaturated/α-hetero) is 1. The van der Waals surface area contributed by atoms with Crippen molar-refractivity contribution in [1.82, 2.24) is 4.98 Å². The van der Waals surface area contributed by atoms with E-state index in [1.807, 2.05) is 6.92 Å². The third kappa shape index (κ3) is 6.00. The number of benzene rings is 3. The lowest BCUT2D eigenvalue weighted by atomic mass is 9.85. The number of carbonyl (C=O) groups excluding carboxylic acids is 1. The molecule has 0 amide bonds. The fourth-order valence-electron chi connectivity index (χ4n) is 4.20. The molecule has 1 heterocycles. The summed E-state index contributed by atoms with van der Waals surface area (Å²) in [7, 11) is 0. The molecule has 1 aromatic heterocycles. The van der Waals surface area contributed by atoms with Crippen LogP contribution in [0.1, 0.15) is 56.8 Å². The number of ether oxygens (including phenoxy) is 1. The second kappa shape index (κ2) is 11.1. The smallest absolute Gasteiger partial charge is 0.416 e. The molecular formula is C29H22F5NO4. The minimum absolute atomic E-state index is 0.203. The van der Waals surface area contributed by atoms with Crippen LogP contribution in [0.3, 0.4) is 0 Å². The van der Waals surface area contributed by atoms with Gasteiger partial charge in [-0.2, -0.15) is 13.2 Å². The van der Waals surface area contributed by atoms with Crippen LogP contribution in [0.4, 0.5) is 22.0 Å². The maximum Gasteiger partial charge on any atom is 0.416 e. The maximum atomic E-state index is 14.9. The number of aromatic amines is 1. The van der Waals surface area contributed by atoms with Crippen molar-refractivity contribution in [2.75, 3.05) is 6.61 Å². The molecule has 0 aliphatic rings. The van der Waals surface area contributed by atoms with Gasteiger partial charge in [-0.25, -0.2) is 13.6 Å². The third-order valence-electron chi connectivity index (χ3n) is 6.02. The van der Waals surface area contributed by atoms with E-state index >= 15 is 0 Å². The van der Waals surface area contributed by atoms with Crippen LogP contribution in [0, 0.1) is 11.6 Å². The number of hydrogen-bond donors (Lipinski definition) is 2. The Morgan fingerprint density at radius 1 is 0.974 bits per heavy atom. The van der Waals surface area contributed by atoms with E-state index in [1.54, 1.807) is 18.2 Å². The van der Waals surface area contributed by atoms with E-state index in [4.69, 9.17) is 4.74 Å². The van der Waals surface area contributed by atoms with Crippen molar-refractivity contribution < 1.29 is 41.4 Å². The fourth-order valence-corrected chi connectivity index (χ4v) is 4.20. The Morgan fingerprint density at radius 3 is 2.36 bits per heavy atom. The topological polar surface area (TPSA) is 79.4 Å². The molecule has 0 saturated carbocycles. The van der Waals surface area contributed by atoms with Crippen molar-refractivity contribution in [3.8, 4) is 16.9 Å². The van der Waals surface area contributed by atoms with Crippen LogP contribution in [0.25, 0.3) is 11.1 Å². The number of aromatic nitrogens is 1. The number of ketones is 1. The number of rotatable bonds is 9. The van der Waals surface area contributed by atoms with E-state index in [0.29, 0.717) is 23.7 Å². The number of aromatic carboxylic acids is 1. The maximum absolute atomic E-state index is 14.9. The van der Waals surface area contributed by atoms with Gasteiger partial charge in [0.1, 0.15) is 17.4 Å². The van der Waals surface area contributed by atoms with E-state index in [-0.39, 0.29) is 35.1 Å². The second-order valence-electron chi connectivity index (χ2n) is 8.75. The molecule has 1 atom stereocenters. The molecule has 3 aromatic carbocycles. The highest BCUT2D eigenvalue weighted by atomic mass is 19.4. The van der Waals surface area contributed by atoms with Crippen molar-refractivity contribution >= 4 is 11.8 Å². The molecule has 5 nitrogen and oxygen atoms in total. The van der Waals surface area contributed by atoms with Crippen LogP contribution in [0.2, 0.25) is 0 Å². The molecule has 39 heavy (non-hydrogen) atoms. The van der Waals surface area contributed by atoms with Gasteiger partial charge >= 0.3 is 12.1 Å². The highest BCUT2D eigenvalue weighted by Gasteiger charge is 2.34. The van der Waals surface area contributed by atoms with Gasteiger partial charge in [-0.3, -0.25) is 4.79 Å². The zero-order chi connectivity index (χ0) is 28.3. The first kappa shape index (κ1) is 27.6. The van der Waals surface area contributed by atoms with Gasteiger partial charge in [0.25, 0.3) is 0 Å². The van der Waals surface area contributed by atoms with Gasteiger partial charge in [0.2, 0.25) is 0 Å². The number of carboxylic acids is 1. The summed E-state index contributed by atoms with van der Waals surface area (Å²) < 4.78 is 74.3. The number of H-pyrrole nitrogens is 1. The molecule has 2 N–H and O–H groups in total. The van der Waals surface area contributed by atoms with Gasteiger partial charge < -0.3 is 14.8 Å². The van der Waals surface area contributed by atoms with Gasteiger partial charge in [0, 0.05) is 17.5 Å². The van der Waals surface area contributed by atoms with Crippen molar-refractivity contribution in [3.63, 3.8) is 0 Å². The Kier molecular flexibility index (Phi) is 7.85. The van der Waals surface area contributed by atoms with E-state index < -0.39 is 46.6 Å². The number of carbonyl (C=O) groups is 2. The Morgan fingerprint density at radius 2 is 1.74 bits per heavy atom. The van der Waals surface area contributed by atoms with Crippen LogP contribution in [-0.4, -0.2) is 28.4 Å². The molecule has 0 bridgehead atoms. The van der Waals surface area contributed by atoms with Gasteiger partial charge in [0.15, 0.2) is 5.78 Å². The Hall–Kier alpha value is -4.47. The summed E-state index contributed by atoms with van der Waals surface area (Å²) in [5, 5.41) is 9.34. The number of alkyl halides is 3. The lowest BCUT2D eigenvalue weighted by Gasteiger charge is -2.21. The van der Waals surface area contributed by atoms with Crippen molar-refractivity contribution in [1.29, 1.82) is 0 Å². The van der Waals surface area contributed by atoms with Gasteiger partial charge in [0.05, 0.1) is 29.2 Å². The minimum Gasteiger partial charge on any atom is -0.493 e. The van der Waals surface area contributed by atoms with Crippen LogP contribution in [0.15, 0.2) is 72.9 Å². The number of carboxylic acid groups (broad SMARTS) is 1. The summed E-state index contributed by atoms with van der Waals surface area (Å²) in [5.74, 6) is -5.30. The Bertz CT molecular complexity index is 1510. The average molecular weight is 543 g/mol.